The van der Waals surface area contributed by atoms with E-state index in [2.05, 4.69) is 30.8 Å². The summed E-state index contributed by atoms with van der Waals surface area (Å²) in [6.45, 7) is 2.26. The summed E-state index contributed by atoms with van der Waals surface area (Å²) in [5.41, 5.74) is 1.63. The summed E-state index contributed by atoms with van der Waals surface area (Å²) in [4.78, 5) is 0.146. The van der Waals surface area contributed by atoms with E-state index in [-0.39, 0.29) is 10.7 Å². The van der Waals surface area contributed by atoms with Gasteiger partial charge in [0, 0.05) is 23.8 Å². The second kappa shape index (κ2) is 6.40. The summed E-state index contributed by atoms with van der Waals surface area (Å²) in [5, 5.41) is 8.22. The van der Waals surface area contributed by atoms with E-state index in [0.29, 0.717) is 12.2 Å². The Labute approximate surface area is 148 Å². The molecule has 0 unspecified atom stereocenters. The number of nitrogens with one attached hydrogen (secondary N) is 1. The number of rotatable bonds is 5. The Kier molecular flexibility index (Phi) is 4.46. The second-order valence-electron chi connectivity index (χ2n) is 5.35. The van der Waals surface area contributed by atoms with E-state index in [1.165, 1.54) is 10.9 Å². The number of benzene rings is 1. The zero-order chi connectivity index (χ0) is 17.3. The van der Waals surface area contributed by atoms with E-state index in [0.717, 1.165) is 10.0 Å². The minimum Gasteiger partial charge on any atom is -0.272 e. The maximum Gasteiger partial charge on any atom is 0.266 e. The molecular formula is C15H16BrN5O2S. The lowest BCUT2D eigenvalue weighted by atomic mass is 10.2. The van der Waals surface area contributed by atoms with Crippen LogP contribution in [0.15, 0.2) is 52.1 Å². The molecule has 0 aliphatic heterocycles. The Morgan fingerprint density at radius 3 is 2.54 bits per heavy atom. The zero-order valence-corrected chi connectivity index (χ0v) is 15.5. The van der Waals surface area contributed by atoms with Gasteiger partial charge < -0.3 is 0 Å². The van der Waals surface area contributed by atoms with Gasteiger partial charge in [0.05, 0.1) is 18.4 Å². The number of sulfonamides is 1. The summed E-state index contributed by atoms with van der Waals surface area (Å²) < 4.78 is 31.5. The SMILES string of the molecule is Cc1c(S(=O)(=O)Nc2ccn(Cc3ccc(Br)cc3)n2)cnn1C. The highest BCUT2D eigenvalue weighted by Crippen LogP contribution is 2.18. The van der Waals surface area contributed by atoms with Crippen LogP contribution in [0.2, 0.25) is 0 Å². The molecule has 3 aromatic rings. The number of hydrogen-bond acceptors (Lipinski definition) is 4. The van der Waals surface area contributed by atoms with Crippen molar-refractivity contribution in [1.29, 1.82) is 0 Å². The lowest BCUT2D eigenvalue weighted by Gasteiger charge is -2.05. The lowest BCUT2D eigenvalue weighted by molar-refractivity contribution is 0.599. The van der Waals surface area contributed by atoms with Crippen molar-refractivity contribution in [3.05, 3.63) is 58.5 Å². The van der Waals surface area contributed by atoms with Crippen LogP contribution in [0.3, 0.4) is 0 Å². The third kappa shape index (κ3) is 3.51. The molecule has 2 heterocycles. The normalized spacial score (nSPS) is 11.6. The molecule has 2 aromatic heterocycles. The lowest BCUT2D eigenvalue weighted by Crippen LogP contribution is -2.14. The number of halogens is 1. The van der Waals surface area contributed by atoms with Crippen LogP contribution < -0.4 is 4.72 Å². The van der Waals surface area contributed by atoms with E-state index in [1.807, 2.05) is 24.3 Å². The largest absolute Gasteiger partial charge is 0.272 e. The molecule has 126 valence electrons. The smallest absolute Gasteiger partial charge is 0.266 e. The molecule has 0 fully saturated rings. The predicted octanol–water partition coefficient (Wildman–Crippen LogP) is 2.54. The molecular weight excluding hydrogens is 394 g/mol. The van der Waals surface area contributed by atoms with E-state index < -0.39 is 10.0 Å². The van der Waals surface area contributed by atoms with Crippen molar-refractivity contribution < 1.29 is 8.42 Å². The van der Waals surface area contributed by atoms with Gasteiger partial charge in [0.1, 0.15) is 4.90 Å². The van der Waals surface area contributed by atoms with Gasteiger partial charge in [0.15, 0.2) is 5.82 Å². The first-order chi connectivity index (χ1) is 11.3. The molecule has 24 heavy (non-hydrogen) atoms. The monoisotopic (exact) mass is 409 g/mol. The molecule has 1 aromatic carbocycles. The summed E-state index contributed by atoms with van der Waals surface area (Å²) >= 11 is 3.39. The maximum atomic E-state index is 12.4. The Morgan fingerprint density at radius 1 is 1.21 bits per heavy atom. The van der Waals surface area contributed by atoms with Gasteiger partial charge in [0.25, 0.3) is 10.0 Å². The summed E-state index contributed by atoms with van der Waals surface area (Å²) in [6.07, 6.45) is 3.06. The molecule has 0 radical (unpaired) electrons. The van der Waals surface area contributed by atoms with Gasteiger partial charge in [-0.3, -0.25) is 14.1 Å². The van der Waals surface area contributed by atoms with Gasteiger partial charge in [0.2, 0.25) is 0 Å². The molecule has 7 nitrogen and oxygen atoms in total. The molecule has 9 heteroatoms. The second-order valence-corrected chi connectivity index (χ2v) is 7.91. The van der Waals surface area contributed by atoms with Crippen LogP contribution in [0.25, 0.3) is 0 Å². The number of aryl methyl sites for hydroxylation is 1. The van der Waals surface area contributed by atoms with Gasteiger partial charge >= 0.3 is 0 Å². The van der Waals surface area contributed by atoms with Crippen LogP contribution in [-0.4, -0.2) is 28.0 Å². The van der Waals surface area contributed by atoms with Crippen LogP contribution in [0.1, 0.15) is 11.3 Å². The standard InChI is InChI=1S/C15H16BrN5O2S/c1-11-14(9-17-20(11)2)24(22,23)19-15-7-8-21(18-15)10-12-3-5-13(16)6-4-12/h3-9H,10H2,1-2H3,(H,18,19). The average Bonchev–Trinajstić information content (AvgIpc) is 3.09. The molecule has 0 atom stereocenters. The molecule has 0 bridgehead atoms. The van der Waals surface area contributed by atoms with Gasteiger partial charge in [-0.1, -0.05) is 28.1 Å². The topological polar surface area (TPSA) is 81.8 Å². The van der Waals surface area contributed by atoms with Crippen LogP contribution in [0.5, 0.6) is 0 Å². The molecule has 0 spiro atoms. The van der Waals surface area contributed by atoms with E-state index >= 15 is 0 Å². The molecule has 3 rings (SSSR count). The Hall–Kier alpha value is -2.13. The van der Waals surface area contributed by atoms with Crippen molar-refractivity contribution in [2.45, 2.75) is 18.4 Å². The number of aromatic nitrogens is 4. The van der Waals surface area contributed by atoms with Crippen molar-refractivity contribution >= 4 is 31.8 Å². The molecule has 0 aliphatic rings. The third-order valence-corrected chi connectivity index (χ3v) is 5.60. The highest BCUT2D eigenvalue weighted by molar-refractivity contribution is 9.10. The third-order valence-electron chi connectivity index (χ3n) is 3.62. The van der Waals surface area contributed by atoms with Crippen LogP contribution in [0, 0.1) is 6.92 Å². The molecule has 0 amide bonds. The minimum absolute atomic E-state index is 0.146. The highest BCUT2D eigenvalue weighted by Gasteiger charge is 2.21. The fourth-order valence-corrected chi connectivity index (χ4v) is 3.68. The van der Waals surface area contributed by atoms with E-state index in [1.54, 1.807) is 30.9 Å². The van der Waals surface area contributed by atoms with Crippen LogP contribution in [0.4, 0.5) is 5.82 Å². The molecule has 0 aliphatic carbocycles. The first kappa shape index (κ1) is 16.7. The number of hydrogen-bond donors (Lipinski definition) is 1. The van der Waals surface area contributed by atoms with Gasteiger partial charge in [-0.05, 0) is 24.6 Å². The summed E-state index contributed by atoms with van der Waals surface area (Å²) in [6, 6.07) is 9.49. The maximum absolute atomic E-state index is 12.4. The van der Waals surface area contributed by atoms with Gasteiger partial charge in [-0.2, -0.15) is 10.2 Å². The summed E-state index contributed by atoms with van der Waals surface area (Å²) in [5.74, 6) is 0.273. The fraction of sp³-hybridized carbons (Fsp3) is 0.200. The Balaban J connectivity index is 1.76. The Bertz CT molecular complexity index is 960. The van der Waals surface area contributed by atoms with Crippen molar-refractivity contribution in [3.8, 4) is 0 Å². The van der Waals surface area contributed by atoms with Gasteiger partial charge in [-0.15, -0.1) is 0 Å². The van der Waals surface area contributed by atoms with Crippen LogP contribution in [-0.2, 0) is 23.6 Å². The fourth-order valence-electron chi connectivity index (χ4n) is 2.22. The zero-order valence-electron chi connectivity index (χ0n) is 13.1. The average molecular weight is 410 g/mol. The van der Waals surface area contributed by atoms with E-state index in [4.69, 9.17) is 0 Å². The van der Waals surface area contributed by atoms with Crippen molar-refractivity contribution in [3.63, 3.8) is 0 Å². The molecule has 0 saturated heterocycles. The first-order valence-electron chi connectivity index (χ1n) is 7.14. The minimum atomic E-state index is -3.70. The van der Waals surface area contributed by atoms with Crippen molar-refractivity contribution in [1.82, 2.24) is 19.6 Å². The van der Waals surface area contributed by atoms with Crippen LogP contribution >= 0.6 is 15.9 Å². The molecule has 0 saturated carbocycles. The van der Waals surface area contributed by atoms with E-state index in [9.17, 15) is 8.42 Å². The van der Waals surface area contributed by atoms with Crippen molar-refractivity contribution in [2.24, 2.45) is 7.05 Å². The highest BCUT2D eigenvalue weighted by atomic mass is 79.9. The summed E-state index contributed by atoms with van der Waals surface area (Å²) in [7, 11) is -2.01. The van der Waals surface area contributed by atoms with Crippen molar-refractivity contribution in [2.75, 3.05) is 4.72 Å². The number of nitrogens with zero attached hydrogens (tertiary/aromatic N) is 4. The molecule has 1 N–H and O–H groups in total. The van der Waals surface area contributed by atoms with Gasteiger partial charge in [-0.25, -0.2) is 8.42 Å². The Morgan fingerprint density at radius 2 is 1.92 bits per heavy atom. The first-order valence-corrected chi connectivity index (χ1v) is 9.42. The quantitative estimate of drug-likeness (QED) is 0.701. The predicted molar refractivity (Wildman–Crippen MR) is 94.2 cm³/mol. The number of anilines is 1.